The highest BCUT2D eigenvalue weighted by atomic mass is 16.2. The van der Waals surface area contributed by atoms with E-state index in [0.29, 0.717) is 5.56 Å². The van der Waals surface area contributed by atoms with Gasteiger partial charge in [-0.05, 0) is 67.2 Å². The highest BCUT2D eigenvalue weighted by Crippen LogP contribution is 2.27. The van der Waals surface area contributed by atoms with Crippen molar-refractivity contribution in [1.29, 1.82) is 0 Å². The topological polar surface area (TPSA) is 52.7 Å². The zero-order chi connectivity index (χ0) is 19.5. The minimum Gasteiger partial charge on any atom is -0.355 e. The van der Waals surface area contributed by atoms with Crippen LogP contribution in [0.25, 0.3) is 11.1 Å². The van der Waals surface area contributed by atoms with Gasteiger partial charge in [0.2, 0.25) is 0 Å². The fourth-order valence-corrected chi connectivity index (χ4v) is 4.16. The molecule has 2 aliphatic rings. The Kier molecular flexibility index (Phi) is 5.44. The first-order valence-corrected chi connectivity index (χ1v) is 10.1. The van der Waals surface area contributed by atoms with E-state index < -0.39 is 0 Å². The quantitative estimate of drug-likeness (QED) is 0.872. The van der Waals surface area contributed by atoms with Crippen molar-refractivity contribution in [2.24, 2.45) is 0 Å². The van der Waals surface area contributed by atoms with Crippen LogP contribution in [0.1, 0.15) is 39.1 Å². The normalized spacial score (nSPS) is 16.9. The van der Waals surface area contributed by atoms with Gasteiger partial charge in [-0.1, -0.05) is 24.3 Å². The SMILES string of the molecule is CNC(=O)c1ccc(-c2ccc3c(c2)CCN(CCN2CCCC2)C3=O)cc1. The third-order valence-electron chi connectivity index (χ3n) is 5.87. The lowest BCUT2D eigenvalue weighted by atomic mass is 9.93. The Bertz CT molecular complexity index is 870. The molecule has 2 heterocycles. The number of amides is 2. The molecule has 1 N–H and O–H groups in total. The molecule has 2 amide bonds. The first-order valence-electron chi connectivity index (χ1n) is 10.1. The number of likely N-dealkylation sites (tertiary alicyclic amines) is 1. The first kappa shape index (κ1) is 18.7. The summed E-state index contributed by atoms with van der Waals surface area (Å²) in [6.45, 7) is 4.93. The molecule has 4 rings (SSSR count). The summed E-state index contributed by atoms with van der Waals surface area (Å²) in [5.74, 6) is 0.0681. The second kappa shape index (κ2) is 8.15. The maximum atomic E-state index is 12.9. The van der Waals surface area contributed by atoms with Crippen molar-refractivity contribution in [2.45, 2.75) is 19.3 Å². The second-order valence-electron chi connectivity index (χ2n) is 7.62. The van der Waals surface area contributed by atoms with Crippen LogP contribution in [0.4, 0.5) is 0 Å². The zero-order valence-corrected chi connectivity index (χ0v) is 16.4. The van der Waals surface area contributed by atoms with Crippen molar-refractivity contribution in [1.82, 2.24) is 15.1 Å². The number of fused-ring (bicyclic) bond motifs is 1. The number of carbonyl (C=O) groups excluding carboxylic acids is 2. The molecule has 0 saturated carbocycles. The number of rotatable bonds is 5. The Hall–Kier alpha value is -2.66. The van der Waals surface area contributed by atoms with Crippen molar-refractivity contribution >= 4 is 11.8 Å². The molecule has 0 spiro atoms. The monoisotopic (exact) mass is 377 g/mol. The number of hydrogen-bond acceptors (Lipinski definition) is 3. The predicted octanol–water partition coefficient (Wildman–Crippen LogP) is 2.81. The molecule has 2 aromatic carbocycles. The molecule has 2 aromatic rings. The molecule has 146 valence electrons. The molecule has 0 bridgehead atoms. The van der Waals surface area contributed by atoms with Crippen molar-refractivity contribution in [3.63, 3.8) is 0 Å². The Morgan fingerprint density at radius 2 is 1.68 bits per heavy atom. The van der Waals surface area contributed by atoms with Gasteiger partial charge in [-0.2, -0.15) is 0 Å². The van der Waals surface area contributed by atoms with Gasteiger partial charge in [-0.25, -0.2) is 0 Å². The van der Waals surface area contributed by atoms with Gasteiger partial charge in [0, 0.05) is 37.8 Å². The van der Waals surface area contributed by atoms with E-state index in [2.05, 4.69) is 16.3 Å². The average molecular weight is 377 g/mol. The van der Waals surface area contributed by atoms with Gasteiger partial charge < -0.3 is 15.1 Å². The standard InChI is InChI=1S/C23H27N3O2/c1-24-22(27)18-6-4-17(5-7-18)19-8-9-21-20(16-19)10-13-26(23(21)28)15-14-25-11-2-3-12-25/h4-9,16H,2-3,10-15H2,1H3,(H,24,27). The molecule has 2 aliphatic heterocycles. The van der Waals surface area contributed by atoms with E-state index in [1.54, 1.807) is 7.05 Å². The van der Waals surface area contributed by atoms with Gasteiger partial charge in [-0.15, -0.1) is 0 Å². The van der Waals surface area contributed by atoms with Gasteiger partial charge >= 0.3 is 0 Å². The maximum absolute atomic E-state index is 12.9. The molecule has 1 saturated heterocycles. The molecular formula is C23H27N3O2. The van der Waals surface area contributed by atoms with E-state index in [9.17, 15) is 9.59 Å². The smallest absolute Gasteiger partial charge is 0.254 e. The summed E-state index contributed by atoms with van der Waals surface area (Å²) in [6.07, 6.45) is 3.46. The Morgan fingerprint density at radius 3 is 2.39 bits per heavy atom. The summed E-state index contributed by atoms with van der Waals surface area (Å²) in [4.78, 5) is 29.0. The number of hydrogen-bond donors (Lipinski definition) is 1. The zero-order valence-electron chi connectivity index (χ0n) is 16.4. The third kappa shape index (κ3) is 3.80. The molecule has 0 atom stereocenters. The number of nitrogens with one attached hydrogen (secondary N) is 1. The molecular weight excluding hydrogens is 350 g/mol. The molecule has 0 radical (unpaired) electrons. The van der Waals surface area contributed by atoms with Gasteiger partial charge in [0.1, 0.15) is 0 Å². The molecule has 0 aliphatic carbocycles. The van der Waals surface area contributed by atoms with Gasteiger partial charge in [0.05, 0.1) is 0 Å². The predicted molar refractivity (Wildman–Crippen MR) is 111 cm³/mol. The summed E-state index contributed by atoms with van der Waals surface area (Å²) in [5.41, 5.74) is 4.74. The largest absolute Gasteiger partial charge is 0.355 e. The van der Waals surface area contributed by atoms with E-state index >= 15 is 0 Å². The highest BCUT2D eigenvalue weighted by Gasteiger charge is 2.25. The van der Waals surface area contributed by atoms with Crippen LogP contribution in [0.5, 0.6) is 0 Å². The summed E-state index contributed by atoms with van der Waals surface area (Å²) >= 11 is 0. The Labute approximate surface area is 166 Å². The summed E-state index contributed by atoms with van der Waals surface area (Å²) in [5, 5.41) is 2.63. The molecule has 1 fully saturated rings. The van der Waals surface area contributed by atoms with Crippen LogP contribution in [0, 0.1) is 0 Å². The molecule has 0 aromatic heterocycles. The van der Waals surface area contributed by atoms with Crippen LogP contribution >= 0.6 is 0 Å². The van der Waals surface area contributed by atoms with E-state index in [-0.39, 0.29) is 11.8 Å². The highest BCUT2D eigenvalue weighted by molar-refractivity contribution is 5.97. The molecule has 0 unspecified atom stereocenters. The second-order valence-corrected chi connectivity index (χ2v) is 7.62. The summed E-state index contributed by atoms with van der Waals surface area (Å²) in [6, 6.07) is 13.7. The van der Waals surface area contributed by atoms with Crippen LogP contribution in [-0.2, 0) is 6.42 Å². The van der Waals surface area contributed by atoms with Gasteiger partial charge in [0.25, 0.3) is 11.8 Å². The van der Waals surface area contributed by atoms with Crippen molar-refractivity contribution < 1.29 is 9.59 Å². The van der Waals surface area contributed by atoms with Gasteiger partial charge in [-0.3, -0.25) is 9.59 Å². The van der Waals surface area contributed by atoms with Crippen LogP contribution in [0.15, 0.2) is 42.5 Å². The minimum atomic E-state index is -0.0865. The van der Waals surface area contributed by atoms with Crippen molar-refractivity contribution in [3.05, 3.63) is 59.2 Å². The van der Waals surface area contributed by atoms with E-state index in [0.717, 1.165) is 48.3 Å². The number of nitrogens with zero attached hydrogens (tertiary/aromatic N) is 2. The van der Waals surface area contributed by atoms with Crippen LogP contribution < -0.4 is 5.32 Å². The summed E-state index contributed by atoms with van der Waals surface area (Å²) < 4.78 is 0. The molecule has 5 heteroatoms. The fourth-order valence-electron chi connectivity index (χ4n) is 4.16. The first-order chi connectivity index (χ1) is 13.7. The molecule has 28 heavy (non-hydrogen) atoms. The number of carbonyl (C=O) groups is 2. The lowest BCUT2D eigenvalue weighted by Gasteiger charge is -2.30. The summed E-state index contributed by atoms with van der Waals surface area (Å²) in [7, 11) is 1.63. The van der Waals surface area contributed by atoms with E-state index in [1.807, 2.05) is 41.3 Å². The maximum Gasteiger partial charge on any atom is 0.254 e. The average Bonchev–Trinajstić information content (AvgIpc) is 3.26. The fraction of sp³-hybridized carbons (Fsp3) is 0.391. The molecule has 5 nitrogen and oxygen atoms in total. The number of benzene rings is 2. The Balaban J connectivity index is 1.47. The van der Waals surface area contributed by atoms with Crippen LogP contribution in [-0.4, -0.2) is 61.4 Å². The van der Waals surface area contributed by atoms with Crippen LogP contribution in [0.2, 0.25) is 0 Å². The minimum absolute atomic E-state index is 0.0865. The lowest BCUT2D eigenvalue weighted by molar-refractivity contribution is 0.0724. The van der Waals surface area contributed by atoms with Gasteiger partial charge in [0.15, 0.2) is 0 Å². The third-order valence-corrected chi connectivity index (χ3v) is 5.87. The Morgan fingerprint density at radius 1 is 0.964 bits per heavy atom. The lowest BCUT2D eigenvalue weighted by Crippen LogP contribution is -2.42. The van der Waals surface area contributed by atoms with E-state index in [4.69, 9.17) is 0 Å². The van der Waals surface area contributed by atoms with Crippen molar-refractivity contribution in [3.8, 4) is 11.1 Å². The van der Waals surface area contributed by atoms with E-state index in [1.165, 1.54) is 25.9 Å². The van der Waals surface area contributed by atoms with Crippen molar-refractivity contribution in [2.75, 3.05) is 39.8 Å². The van der Waals surface area contributed by atoms with Crippen LogP contribution in [0.3, 0.4) is 0 Å².